The Bertz CT molecular complexity index is 546. The minimum absolute atomic E-state index is 0.230. The van der Waals surface area contributed by atoms with Crippen LogP contribution in [-0.4, -0.2) is 9.97 Å². The Hall–Kier alpha value is -1.72. The van der Waals surface area contributed by atoms with E-state index < -0.39 is 0 Å². The topological polar surface area (TPSA) is 63.8 Å². The molecular weight excluding hydrogens is 267 g/mol. The van der Waals surface area contributed by atoms with Crippen molar-refractivity contribution in [3.05, 3.63) is 52.2 Å². The average molecular weight is 281 g/mol. The number of nitrogens with two attached hydrogens (primary N) is 1. The highest BCUT2D eigenvalue weighted by atomic mass is 35.5. The van der Waals surface area contributed by atoms with Gasteiger partial charge in [0.05, 0.1) is 0 Å². The quantitative estimate of drug-likeness (QED) is 0.668. The van der Waals surface area contributed by atoms with Crippen LogP contribution in [0.1, 0.15) is 24.0 Å². The van der Waals surface area contributed by atoms with Gasteiger partial charge in [0.15, 0.2) is 0 Å². The van der Waals surface area contributed by atoms with E-state index in [1.165, 1.54) is 6.07 Å². The molecule has 0 saturated heterocycles. The van der Waals surface area contributed by atoms with Crippen LogP contribution in [0, 0.1) is 5.82 Å². The molecule has 100 valence electrons. The van der Waals surface area contributed by atoms with Crippen molar-refractivity contribution in [2.45, 2.75) is 19.8 Å². The zero-order chi connectivity index (χ0) is 13.8. The molecule has 0 saturated carbocycles. The van der Waals surface area contributed by atoms with Crippen molar-refractivity contribution in [3.63, 3.8) is 0 Å². The van der Waals surface area contributed by atoms with Crippen LogP contribution in [0.4, 0.5) is 10.2 Å². The summed E-state index contributed by atoms with van der Waals surface area (Å²) in [5.41, 5.74) is 3.71. The first-order valence-corrected chi connectivity index (χ1v) is 6.28. The van der Waals surface area contributed by atoms with Crippen LogP contribution < -0.4 is 11.3 Å². The lowest BCUT2D eigenvalue weighted by atomic mass is 10.1. The first-order chi connectivity index (χ1) is 9.13. The number of rotatable bonds is 4. The molecule has 1 aromatic carbocycles. The number of nitrogens with one attached hydrogen (secondary N) is 1. The third kappa shape index (κ3) is 3.19. The molecule has 0 spiro atoms. The van der Waals surface area contributed by atoms with E-state index in [4.69, 9.17) is 17.4 Å². The molecule has 1 aromatic heterocycles. The predicted molar refractivity (Wildman–Crippen MR) is 73.4 cm³/mol. The normalized spacial score (nSPS) is 10.5. The summed E-state index contributed by atoms with van der Waals surface area (Å²) in [6, 6.07) is 6.34. The molecule has 19 heavy (non-hydrogen) atoms. The average Bonchev–Trinajstić information content (AvgIpc) is 2.42. The van der Waals surface area contributed by atoms with Gasteiger partial charge >= 0.3 is 0 Å². The van der Waals surface area contributed by atoms with E-state index in [2.05, 4.69) is 15.4 Å². The Labute approximate surface area is 115 Å². The minimum atomic E-state index is -0.361. The first kappa shape index (κ1) is 13.7. The molecule has 0 fully saturated rings. The molecule has 3 N–H and O–H groups in total. The van der Waals surface area contributed by atoms with Gasteiger partial charge in [0.2, 0.25) is 0 Å². The van der Waals surface area contributed by atoms with Crippen molar-refractivity contribution < 1.29 is 4.39 Å². The van der Waals surface area contributed by atoms with Crippen molar-refractivity contribution in [1.82, 2.24) is 9.97 Å². The zero-order valence-electron chi connectivity index (χ0n) is 10.5. The van der Waals surface area contributed by atoms with E-state index in [0.29, 0.717) is 22.2 Å². The van der Waals surface area contributed by atoms with Crippen LogP contribution in [0.3, 0.4) is 0 Å². The highest BCUT2D eigenvalue weighted by Crippen LogP contribution is 2.21. The smallest absolute Gasteiger partial charge is 0.143 e. The Morgan fingerprint density at radius 2 is 2.16 bits per heavy atom. The van der Waals surface area contributed by atoms with E-state index in [0.717, 1.165) is 12.1 Å². The van der Waals surface area contributed by atoms with Gasteiger partial charge in [-0.25, -0.2) is 20.2 Å². The number of aromatic nitrogens is 2. The Morgan fingerprint density at radius 3 is 2.79 bits per heavy atom. The van der Waals surface area contributed by atoms with Gasteiger partial charge in [-0.1, -0.05) is 24.6 Å². The number of halogens is 2. The molecule has 0 aliphatic carbocycles. The number of anilines is 1. The summed E-state index contributed by atoms with van der Waals surface area (Å²) in [7, 11) is 0. The maximum atomic E-state index is 13.7. The van der Waals surface area contributed by atoms with Gasteiger partial charge in [0.25, 0.3) is 0 Å². The lowest BCUT2D eigenvalue weighted by Gasteiger charge is -2.08. The zero-order valence-corrected chi connectivity index (χ0v) is 11.2. The van der Waals surface area contributed by atoms with Gasteiger partial charge in [0, 0.05) is 28.8 Å². The molecular formula is C13H14ClFN4. The molecule has 0 atom stereocenters. The molecule has 0 amide bonds. The van der Waals surface area contributed by atoms with E-state index in [1.807, 2.05) is 6.92 Å². The maximum absolute atomic E-state index is 13.7. The second kappa shape index (κ2) is 5.95. The van der Waals surface area contributed by atoms with Crippen molar-refractivity contribution in [1.29, 1.82) is 0 Å². The summed E-state index contributed by atoms with van der Waals surface area (Å²) < 4.78 is 13.7. The third-order valence-corrected chi connectivity index (χ3v) is 3.09. The number of hydrogen-bond donors (Lipinski definition) is 2. The fraction of sp³-hybridized carbons (Fsp3) is 0.231. The van der Waals surface area contributed by atoms with Gasteiger partial charge in [-0.3, -0.25) is 0 Å². The molecule has 0 unspecified atom stereocenters. The monoisotopic (exact) mass is 280 g/mol. The Balaban J connectivity index is 2.37. The van der Waals surface area contributed by atoms with E-state index >= 15 is 0 Å². The molecule has 6 heteroatoms. The lowest BCUT2D eigenvalue weighted by Crippen LogP contribution is -2.12. The van der Waals surface area contributed by atoms with E-state index in [-0.39, 0.29) is 12.2 Å². The molecule has 0 aliphatic rings. The van der Waals surface area contributed by atoms with Crippen LogP contribution in [0.5, 0.6) is 0 Å². The van der Waals surface area contributed by atoms with Gasteiger partial charge in [-0.2, -0.15) is 0 Å². The number of aryl methyl sites for hydroxylation is 1. The molecule has 4 nitrogen and oxygen atoms in total. The number of nitrogen functional groups attached to an aromatic ring is 1. The second-order valence-electron chi connectivity index (χ2n) is 4.04. The van der Waals surface area contributed by atoms with Gasteiger partial charge < -0.3 is 5.43 Å². The number of hydrazine groups is 1. The van der Waals surface area contributed by atoms with Crippen molar-refractivity contribution in [2.24, 2.45) is 5.84 Å². The summed E-state index contributed by atoms with van der Waals surface area (Å²) in [5.74, 6) is 5.99. The summed E-state index contributed by atoms with van der Waals surface area (Å²) in [5, 5.41) is 0.368. The molecule has 0 radical (unpaired) electrons. The van der Waals surface area contributed by atoms with Crippen molar-refractivity contribution >= 4 is 17.4 Å². The molecule has 1 heterocycles. The third-order valence-electron chi connectivity index (χ3n) is 2.73. The van der Waals surface area contributed by atoms with Crippen LogP contribution in [0.15, 0.2) is 24.3 Å². The number of nitrogens with zero attached hydrogens (tertiary/aromatic N) is 2. The highest BCUT2D eigenvalue weighted by molar-refractivity contribution is 6.31. The Morgan fingerprint density at radius 1 is 1.37 bits per heavy atom. The minimum Gasteiger partial charge on any atom is -0.308 e. The first-order valence-electron chi connectivity index (χ1n) is 5.90. The fourth-order valence-corrected chi connectivity index (χ4v) is 1.98. The van der Waals surface area contributed by atoms with Crippen LogP contribution in [0.2, 0.25) is 5.02 Å². The van der Waals surface area contributed by atoms with Crippen LogP contribution >= 0.6 is 11.6 Å². The van der Waals surface area contributed by atoms with Crippen LogP contribution in [-0.2, 0) is 12.8 Å². The van der Waals surface area contributed by atoms with Crippen molar-refractivity contribution in [3.8, 4) is 0 Å². The summed E-state index contributed by atoms with van der Waals surface area (Å²) in [4.78, 5) is 8.55. The predicted octanol–water partition coefficient (Wildman–Crippen LogP) is 2.71. The fourth-order valence-electron chi connectivity index (χ4n) is 1.75. The maximum Gasteiger partial charge on any atom is 0.143 e. The standard InChI is InChI=1S/C13H14ClFN4/c1-2-8-6-13(19-16)18-12(17-8)7-9-10(14)4-3-5-11(9)15/h3-6H,2,7,16H2,1H3,(H,17,18,19). The largest absolute Gasteiger partial charge is 0.308 e. The van der Waals surface area contributed by atoms with Gasteiger partial charge in [0.1, 0.15) is 17.5 Å². The second-order valence-corrected chi connectivity index (χ2v) is 4.44. The highest BCUT2D eigenvalue weighted by Gasteiger charge is 2.11. The van der Waals surface area contributed by atoms with E-state index in [1.54, 1.807) is 18.2 Å². The SMILES string of the molecule is CCc1cc(NN)nc(Cc2c(F)cccc2Cl)n1. The molecule has 0 aliphatic heterocycles. The van der Waals surface area contributed by atoms with Crippen molar-refractivity contribution in [2.75, 3.05) is 5.43 Å². The van der Waals surface area contributed by atoms with Gasteiger partial charge in [-0.15, -0.1) is 0 Å². The van der Waals surface area contributed by atoms with Crippen LogP contribution in [0.25, 0.3) is 0 Å². The molecule has 2 rings (SSSR count). The number of hydrogen-bond acceptors (Lipinski definition) is 4. The lowest BCUT2D eigenvalue weighted by molar-refractivity contribution is 0.612. The summed E-state index contributed by atoms with van der Waals surface area (Å²) in [6.45, 7) is 1.97. The van der Waals surface area contributed by atoms with E-state index in [9.17, 15) is 4.39 Å². The van der Waals surface area contributed by atoms with Gasteiger partial charge in [-0.05, 0) is 18.6 Å². The summed E-state index contributed by atoms with van der Waals surface area (Å²) in [6.07, 6.45) is 0.975. The Kier molecular flexibility index (Phi) is 4.29. The summed E-state index contributed by atoms with van der Waals surface area (Å²) >= 11 is 5.99. The molecule has 2 aromatic rings. The number of benzene rings is 1. The molecule has 0 bridgehead atoms.